The Balaban J connectivity index is 0.00000363. The van der Waals surface area contributed by atoms with E-state index in [-0.39, 0.29) is 41.6 Å². The number of primary amides is 1. The number of likely N-dealkylation sites (tertiary alicyclic amines) is 1. The van der Waals surface area contributed by atoms with Gasteiger partial charge in [-0.1, -0.05) is 0 Å². The van der Waals surface area contributed by atoms with Crippen LogP contribution in [0.3, 0.4) is 0 Å². The molecule has 0 spiro atoms. The van der Waals surface area contributed by atoms with Crippen molar-refractivity contribution in [2.45, 2.75) is 39.0 Å². The van der Waals surface area contributed by atoms with E-state index in [1.165, 1.54) is 6.07 Å². The third kappa shape index (κ3) is 7.91. The number of rotatable bonds is 10. The van der Waals surface area contributed by atoms with Gasteiger partial charge in [0.05, 0.1) is 0 Å². The minimum atomic E-state index is -0.214. The summed E-state index contributed by atoms with van der Waals surface area (Å²) in [5.41, 5.74) is 7.45. The van der Waals surface area contributed by atoms with E-state index < -0.39 is 0 Å². The molecule has 1 aromatic carbocycles. The number of aromatic nitrogens is 1. The van der Waals surface area contributed by atoms with Gasteiger partial charge in [0.1, 0.15) is 5.82 Å². The van der Waals surface area contributed by atoms with Gasteiger partial charge >= 0.3 is 0 Å². The Kier molecular flexibility index (Phi) is 11.2. The number of carbonyl (C=O) groups is 1. The van der Waals surface area contributed by atoms with Crippen LogP contribution in [0.15, 0.2) is 29.4 Å². The maximum absolute atomic E-state index is 13.5. The predicted octanol–water partition coefficient (Wildman–Crippen LogP) is 3.00. The van der Waals surface area contributed by atoms with Crippen LogP contribution in [-0.4, -0.2) is 61.0 Å². The van der Waals surface area contributed by atoms with Crippen LogP contribution < -0.4 is 16.4 Å². The topological polar surface area (TPSA) is 98.5 Å². The molecule has 1 fully saturated rings. The van der Waals surface area contributed by atoms with Crippen LogP contribution in [0.5, 0.6) is 0 Å². The number of nitrogens with two attached hydrogens (primary N) is 1. The van der Waals surface area contributed by atoms with Crippen LogP contribution in [0.4, 0.5) is 4.39 Å². The number of nitrogens with one attached hydrogen (secondary N) is 3. The van der Waals surface area contributed by atoms with Crippen LogP contribution in [0, 0.1) is 11.7 Å². The molecular formula is C23H36FIN6O. The molecule has 1 amide bonds. The number of unbranched alkanes of at least 4 members (excludes halogenated alkanes) is 1. The molecule has 3 rings (SSSR count). The summed E-state index contributed by atoms with van der Waals surface area (Å²) < 4.78 is 13.5. The Morgan fingerprint density at radius 2 is 2.06 bits per heavy atom. The number of carbonyl (C=O) groups excluding carboxylic acids is 1. The van der Waals surface area contributed by atoms with Crippen molar-refractivity contribution in [3.05, 3.63) is 35.8 Å². The summed E-state index contributed by atoms with van der Waals surface area (Å²) in [6.07, 6.45) is 6.60. The van der Waals surface area contributed by atoms with Crippen molar-refractivity contribution >= 4 is 46.7 Å². The Labute approximate surface area is 206 Å². The number of hydrogen-bond acceptors (Lipinski definition) is 3. The SMILES string of the molecule is CCNC(=NCCCCN1CCC(C(N)=O)CC1)NCCc1c[nH]c2ccc(F)cc12.I. The first-order chi connectivity index (χ1) is 15.1. The molecule has 1 aliphatic heterocycles. The van der Waals surface area contributed by atoms with Crippen molar-refractivity contribution in [1.82, 2.24) is 20.5 Å². The Morgan fingerprint density at radius 3 is 2.78 bits per heavy atom. The van der Waals surface area contributed by atoms with Crippen molar-refractivity contribution < 1.29 is 9.18 Å². The summed E-state index contributed by atoms with van der Waals surface area (Å²) in [7, 11) is 0. The van der Waals surface area contributed by atoms with Crippen molar-refractivity contribution in [2.75, 3.05) is 39.3 Å². The number of amides is 1. The van der Waals surface area contributed by atoms with E-state index in [1.807, 2.05) is 6.20 Å². The van der Waals surface area contributed by atoms with Gasteiger partial charge in [-0.05, 0) is 82.4 Å². The van der Waals surface area contributed by atoms with Gasteiger partial charge < -0.3 is 26.3 Å². The number of guanidine groups is 1. The van der Waals surface area contributed by atoms with Gasteiger partial charge in [-0.25, -0.2) is 4.39 Å². The fraction of sp³-hybridized carbons (Fsp3) is 0.565. The summed E-state index contributed by atoms with van der Waals surface area (Å²) in [5.74, 6) is 0.497. The molecule has 9 heteroatoms. The highest BCUT2D eigenvalue weighted by Gasteiger charge is 2.22. The van der Waals surface area contributed by atoms with E-state index in [2.05, 4.69) is 32.4 Å². The van der Waals surface area contributed by atoms with Gasteiger partial charge in [-0.2, -0.15) is 0 Å². The smallest absolute Gasteiger partial charge is 0.220 e. The number of piperidine rings is 1. The van der Waals surface area contributed by atoms with Gasteiger partial charge in [0.2, 0.25) is 5.91 Å². The number of hydrogen-bond donors (Lipinski definition) is 4. The van der Waals surface area contributed by atoms with Crippen molar-refractivity contribution in [1.29, 1.82) is 0 Å². The lowest BCUT2D eigenvalue weighted by molar-refractivity contribution is -0.123. The van der Waals surface area contributed by atoms with Crippen molar-refractivity contribution in [3.63, 3.8) is 0 Å². The molecule has 2 aromatic rings. The quantitative estimate of drug-likeness (QED) is 0.156. The lowest BCUT2D eigenvalue weighted by Gasteiger charge is -2.30. The largest absolute Gasteiger partial charge is 0.369 e. The predicted molar refractivity (Wildman–Crippen MR) is 139 cm³/mol. The zero-order chi connectivity index (χ0) is 22.1. The third-order valence-corrected chi connectivity index (χ3v) is 5.90. The van der Waals surface area contributed by atoms with Gasteiger partial charge in [-0.15, -0.1) is 24.0 Å². The number of H-pyrrole nitrogens is 1. The molecule has 1 aliphatic rings. The van der Waals surface area contributed by atoms with Crippen LogP contribution in [-0.2, 0) is 11.2 Å². The van der Waals surface area contributed by atoms with Crippen LogP contribution >= 0.6 is 24.0 Å². The van der Waals surface area contributed by atoms with E-state index >= 15 is 0 Å². The monoisotopic (exact) mass is 558 g/mol. The van der Waals surface area contributed by atoms with Gasteiger partial charge in [0, 0.05) is 42.7 Å². The Hall–Kier alpha value is -1.88. The molecule has 0 saturated carbocycles. The molecule has 0 bridgehead atoms. The first kappa shape index (κ1) is 26.4. The fourth-order valence-electron chi connectivity index (χ4n) is 4.09. The van der Waals surface area contributed by atoms with E-state index in [9.17, 15) is 9.18 Å². The molecule has 0 atom stereocenters. The Morgan fingerprint density at radius 1 is 1.28 bits per heavy atom. The number of benzene rings is 1. The van der Waals surface area contributed by atoms with Gasteiger partial charge in [0.15, 0.2) is 5.96 Å². The molecule has 0 aliphatic carbocycles. The van der Waals surface area contributed by atoms with Crippen molar-refractivity contribution in [3.8, 4) is 0 Å². The molecule has 2 heterocycles. The number of fused-ring (bicyclic) bond motifs is 1. The lowest BCUT2D eigenvalue weighted by atomic mass is 9.96. The molecule has 1 saturated heterocycles. The third-order valence-electron chi connectivity index (χ3n) is 5.90. The standard InChI is InChI=1S/C23H35FN6O.HI/c1-2-26-23(27-10-3-4-12-30-13-8-17(9-14-30)22(25)31)28-11-7-18-16-29-21-6-5-19(24)15-20(18)21;/h5-6,15-17,29H,2-4,7-14H2,1H3,(H2,25,31)(H2,26,27,28);1H. The number of halogens is 2. The minimum Gasteiger partial charge on any atom is -0.369 e. The van der Waals surface area contributed by atoms with Gasteiger partial charge in [0.25, 0.3) is 0 Å². The van der Waals surface area contributed by atoms with E-state index in [0.717, 1.165) is 93.8 Å². The molecular weight excluding hydrogens is 522 g/mol. The highest BCUT2D eigenvalue weighted by atomic mass is 127. The zero-order valence-electron chi connectivity index (χ0n) is 18.8. The van der Waals surface area contributed by atoms with Crippen LogP contribution in [0.1, 0.15) is 38.2 Å². The second-order valence-electron chi connectivity index (χ2n) is 8.17. The Bertz CT molecular complexity index is 878. The van der Waals surface area contributed by atoms with Gasteiger partial charge in [-0.3, -0.25) is 9.79 Å². The lowest BCUT2D eigenvalue weighted by Crippen LogP contribution is -2.39. The zero-order valence-corrected chi connectivity index (χ0v) is 21.2. The number of aliphatic imine (C=N–C) groups is 1. The summed E-state index contributed by atoms with van der Waals surface area (Å²) in [4.78, 5) is 21.5. The minimum absolute atomic E-state index is 0. The number of nitrogens with zero attached hydrogens (tertiary/aromatic N) is 2. The van der Waals surface area contributed by atoms with E-state index in [1.54, 1.807) is 12.1 Å². The van der Waals surface area contributed by atoms with E-state index in [0.29, 0.717) is 0 Å². The first-order valence-corrected chi connectivity index (χ1v) is 11.4. The maximum Gasteiger partial charge on any atom is 0.220 e. The number of aromatic amines is 1. The normalized spacial score (nSPS) is 15.5. The van der Waals surface area contributed by atoms with Crippen LogP contribution in [0.2, 0.25) is 0 Å². The highest BCUT2D eigenvalue weighted by Crippen LogP contribution is 2.19. The molecule has 5 N–H and O–H groups in total. The second kappa shape index (κ2) is 13.6. The highest BCUT2D eigenvalue weighted by molar-refractivity contribution is 14.0. The maximum atomic E-state index is 13.5. The summed E-state index contributed by atoms with van der Waals surface area (Å²) in [6.45, 7) is 7.31. The molecule has 0 unspecified atom stereocenters. The van der Waals surface area contributed by atoms with E-state index in [4.69, 9.17) is 5.73 Å². The first-order valence-electron chi connectivity index (χ1n) is 11.4. The summed E-state index contributed by atoms with van der Waals surface area (Å²) in [6, 6.07) is 4.82. The summed E-state index contributed by atoms with van der Waals surface area (Å²) >= 11 is 0. The molecule has 1 aromatic heterocycles. The molecule has 0 radical (unpaired) electrons. The molecule has 7 nitrogen and oxygen atoms in total. The second-order valence-corrected chi connectivity index (χ2v) is 8.17. The summed E-state index contributed by atoms with van der Waals surface area (Å²) in [5, 5.41) is 7.59. The molecule has 32 heavy (non-hydrogen) atoms. The van der Waals surface area contributed by atoms with Crippen molar-refractivity contribution in [2.24, 2.45) is 16.6 Å². The molecule has 178 valence electrons. The van der Waals surface area contributed by atoms with Crippen LogP contribution in [0.25, 0.3) is 10.9 Å². The fourth-order valence-corrected chi connectivity index (χ4v) is 4.09. The average molecular weight is 558 g/mol. The average Bonchev–Trinajstić information content (AvgIpc) is 3.16.